The second-order valence-electron chi connectivity index (χ2n) is 2.05. The Bertz CT molecular complexity index is 368. The molecule has 2 N–H and O–H groups in total. The predicted molar refractivity (Wildman–Crippen MR) is 42.3 cm³/mol. The molecular formula is C7H5KN2S. The Balaban J connectivity index is 0.000000605. The van der Waals surface area contributed by atoms with Crippen molar-refractivity contribution in [3.63, 3.8) is 0 Å². The van der Waals surface area contributed by atoms with Crippen LogP contribution >= 0.6 is 12.2 Å². The van der Waals surface area contributed by atoms with E-state index in [-0.39, 0.29) is 51.4 Å². The summed E-state index contributed by atoms with van der Waals surface area (Å²) in [5.41, 5.74) is 2.04. The van der Waals surface area contributed by atoms with E-state index in [1.54, 1.807) is 0 Å². The molecule has 1 heterocycles. The van der Waals surface area contributed by atoms with Crippen LogP contribution in [-0.4, -0.2) is 9.97 Å². The average Bonchev–Trinajstić information content (AvgIpc) is 2.27. The fourth-order valence-corrected chi connectivity index (χ4v) is 1.14. The standard InChI is InChI=1S/C7H5N2S.K/c10-7-8-5-3-1-2-4-6(5)9-7;/h1,3-4H,(H2,8,9,10);/q-1;+1. The molecule has 2 aromatic rings. The number of imidazole rings is 1. The summed E-state index contributed by atoms with van der Waals surface area (Å²) in [5.74, 6) is 0. The molecule has 0 saturated heterocycles. The van der Waals surface area contributed by atoms with Crippen LogP contribution in [0.5, 0.6) is 0 Å². The number of rotatable bonds is 0. The molecule has 11 heavy (non-hydrogen) atoms. The number of H-pyrrole nitrogens is 2. The molecule has 0 fully saturated rings. The molecule has 2 rings (SSSR count). The Morgan fingerprint density at radius 2 is 2.00 bits per heavy atom. The third kappa shape index (κ3) is 2.02. The van der Waals surface area contributed by atoms with E-state index in [1.165, 1.54) is 0 Å². The maximum atomic E-state index is 4.89. The molecule has 0 atom stereocenters. The van der Waals surface area contributed by atoms with Gasteiger partial charge < -0.3 is 9.97 Å². The predicted octanol–water partition coefficient (Wildman–Crippen LogP) is -0.970. The molecule has 4 heteroatoms. The molecule has 0 spiro atoms. The fraction of sp³-hybridized carbons (Fsp3) is 0. The van der Waals surface area contributed by atoms with E-state index < -0.39 is 0 Å². The van der Waals surface area contributed by atoms with Crippen LogP contribution in [0.3, 0.4) is 0 Å². The van der Waals surface area contributed by atoms with Crippen molar-refractivity contribution in [2.45, 2.75) is 0 Å². The Hall–Kier alpha value is 0.546. The maximum Gasteiger partial charge on any atom is 1.00 e. The second kappa shape index (κ2) is 3.98. The van der Waals surface area contributed by atoms with Gasteiger partial charge in [-0.1, -0.05) is 0 Å². The molecule has 0 aliphatic rings. The van der Waals surface area contributed by atoms with E-state index in [1.807, 2.05) is 18.2 Å². The van der Waals surface area contributed by atoms with E-state index in [4.69, 9.17) is 12.2 Å². The van der Waals surface area contributed by atoms with Crippen molar-refractivity contribution in [3.05, 3.63) is 29.0 Å². The first kappa shape index (κ1) is 9.63. The van der Waals surface area contributed by atoms with E-state index >= 15 is 0 Å². The quantitative estimate of drug-likeness (QED) is 0.311. The molecular weight excluding hydrogens is 183 g/mol. The van der Waals surface area contributed by atoms with Crippen molar-refractivity contribution in [1.29, 1.82) is 0 Å². The van der Waals surface area contributed by atoms with E-state index in [2.05, 4.69) is 16.0 Å². The normalized spacial score (nSPS) is 9.45. The minimum Gasteiger partial charge on any atom is -0.384 e. The first-order valence-corrected chi connectivity index (χ1v) is 3.35. The number of hydrogen-bond donors (Lipinski definition) is 2. The van der Waals surface area contributed by atoms with Gasteiger partial charge in [0.05, 0.1) is 0 Å². The van der Waals surface area contributed by atoms with Crippen LogP contribution < -0.4 is 51.4 Å². The number of aromatic nitrogens is 2. The van der Waals surface area contributed by atoms with Crippen LogP contribution in [0.2, 0.25) is 0 Å². The molecule has 0 unspecified atom stereocenters. The third-order valence-electron chi connectivity index (χ3n) is 1.36. The molecule has 0 amide bonds. The Morgan fingerprint density at radius 3 is 2.73 bits per heavy atom. The number of fused-ring (bicyclic) bond motifs is 1. The molecule has 0 aliphatic carbocycles. The summed E-state index contributed by atoms with van der Waals surface area (Å²) in [6.07, 6.45) is 0. The van der Waals surface area contributed by atoms with Gasteiger partial charge >= 0.3 is 51.4 Å². The summed E-state index contributed by atoms with van der Waals surface area (Å²) in [5, 5.41) is 0. The third-order valence-corrected chi connectivity index (χ3v) is 1.56. The topological polar surface area (TPSA) is 31.6 Å². The Morgan fingerprint density at radius 1 is 1.27 bits per heavy atom. The molecule has 2 nitrogen and oxygen atoms in total. The largest absolute Gasteiger partial charge is 1.00 e. The van der Waals surface area contributed by atoms with E-state index in [0.29, 0.717) is 4.77 Å². The molecule has 50 valence electrons. The van der Waals surface area contributed by atoms with Gasteiger partial charge in [-0.2, -0.15) is 18.2 Å². The molecule has 0 saturated carbocycles. The maximum absolute atomic E-state index is 4.89. The zero-order valence-corrected chi connectivity index (χ0v) is 10.1. The van der Waals surface area contributed by atoms with Crippen molar-refractivity contribution >= 4 is 23.3 Å². The zero-order valence-electron chi connectivity index (χ0n) is 6.14. The number of hydrogen-bond acceptors (Lipinski definition) is 1. The van der Waals surface area contributed by atoms with Crippen molar-refractivity contribution in [2.24, 2.45) is 0 Å². The minimum absolute atomic E-state index is 0. The summed E-state index contributed by atoms with van der Waals surface area (Å²) in [7, 11) is 0. The van der Waals surface area contributed by atoms with Gasteiger partial charge in [0, 0.05) is 0 Å². The first-order valence-electron chi connectivity index (χ1n) is 2.94. The van der Waals surface area contributed by atoms with Crippen LogP contribution in [0.1, 0.15) is 0 Å². The second-order valence-corrected chi connectivity index (χ2v) is 2.46. The summed E-state index contributed by atoms with van der Waals surface area (Å²) in [6, 6.07) is 8.59. The SMILES string of the molecule is S=c1[nH]c2c[c-]ccc2[nH]1.[K+]. The molecule has 1 aromatic carbocycles. The monoisotopic (exact) mass is 188 g/mol. The zero-order chi connectivity index (χ0) is 6.97. The van der Waals surface area contributed by atoms with Crippen LogP contribution in [-0.2, 0) is 0 Å². The van der Waals surface area contributed by atoms with Gasteiger partial charge in [0.25, 0.3) is 0 Å². The van der Waals surface area contributed by atoms with Gasteiger partial charge in [-0.25, -0.2) is 0 Å². The molecule has 0 radical (unpaired) electrons. The van der Waals surface area contributed by atoms with Crippen LogP contribution in [0.4, 0.5) is 0 Å². The summed E-state index contributed by atoms with van der Waals surface area (Å²) >= 11 is 4.89. The smallest absolute Gasteiger partial charge is 0.384 e. The molecule has 0 aliphatic heterocycles. The fourth-order valence-electron chi connectivity index (χ4n) is 0.919. The minimum atomic E-state index is 0. The summed E-state index contributed by atoms with van der Waals surface area (Å²) in [4.78, 5) is 5.98. The van der Waals surface area contributed by atoms with Crippen LogP contribution in [0.25, 0.3) is 11.0 Å². The van der Waals surface area contributed by atoms with Crippen molar-refractivity contribution in [3.8, 4) is 0 Å². The van der Waals surface area contributed by atoms with Gasteiger partial charge in [0.1, 0.15) is 0 Å². The number of aromatic amines is 2. The van der Waals surface area contributed by atoms with Crippen molar-refractivity contribution in [1.82, 2.24) is 9.97 Å². The van der Waals surface area contributed by atoms with Gasteiger partial charge in [-0.05, 0) is 23.3 Å². The number of benzene rings is 1. The molecule has 0 bridgehead atoms. The van der Waals surface area contributed by atoms with E-state index in [9.17, 15) is 0 Å². The van der Waals surface area contributed by atoms with Crippen LogP contribution in [0.15, 0.2) is 18.2 Å². The van der Waals surface area contributed by atoms with Gasteiger partial charge in [-0.3, -0.25) is 0 Å². The summed E-state index contributed by atoms with van der Waals surface area (Å²) < 4.78 is 0.662. The van der Waals surface area contributed by atoms with Gasteiger partial charge in [0.15, 0.2) is 4.77 Å². The van der Waals surface area contributed by atoms with Gasteiger partial charge in [0.2, 0.25) is 0 Å². The number of nitrogens with one attached hydrogen (secondary N) is 2. The average molecular weight is 188 g/mol. The van der Waals surface area contributed by atoms with Gasteiger partial charge in [-0.15, -0.1) is 6.07 Å². The Kier molecular flexibility index (Phi) is 3.48. The van der Waals surface area contributed by atoms with Crippen molar-refractivity contribution < 1.29 is 51.4 Å². The first-order chi connectivity index (χ1) is 4.86. The van der Waals surface area contributed by atoms with Crippen molar-refractivity contribution in [2.75, 3.05) is 0 Å². The Labute approximate surface area is 112 Å². The van der Waals surface area contributed by atoms with E-state index in [0.717, 1.165) is 11.0 Å². The summed E-state index contributed by atoms with van der Waals surface area (Å²) in [6.45, 7) is 0. The van der Waals surface area contributed by atoms with Crippen LogP contribution in [0, 0.1) is 10.8 Å². The molecule has 1 aromatic heterocycles.